The third-order valence-electron chi connectivity index (χ3n) is 5.35. The van der Waals surface area contributed by atoms with Crippen molar-refractivity contribution in [2.45, 2.75) is 18.6 Å². The highest BCUT2D eigenvalue weighted by Crippen LogP contribution is 2.30. The average molecular weight is 415 g/mol. The molecular weight excluding hydrogens is 380 g/mol. The van der Waals surface area contributed by atoms with Crippen LogP contribution in [0.25, 0.3) is 0 Å². The number of methoxy groups -OCH3 is 1. The Morgan fingerprint density at radius 2 is 2.00 bits per heavy atom. The molecule has 164 valence electrons. The number of aromatic nitrogens is 1. The molecule has 0 bridgehead atoms. The van der Waals surface area contributed by atoms with Crippen molar-refractivity contribution in [1.29, 1.82) is 0 Å². The van der Waals surface area contributed by atoms with E-state index in [9.17, 15) is 5.11 Å². The van der Waals surface area contributed by atoms with Crippen LogP contribution in [-0.4, -0.2) is 86.5 Å². The number of likely N-dealkylation sites (N-methyl/N-ethyl adjacent to an activating group) is 2. The lowest BCUT2D eigenvalue weighted by molar-refractivity contribution is 0.0279. The van der Waals surface area contributed by atoms with Gasteiger partial charge in [-0.1, -0.05) is 12.1 Å². The third kappa shape index (κ3) is 6.08. The van der Waals surface area contributed by atoms with Crippen molar-refractivity contribution in [2.24, 2.45) is 0 Å². The summed E-state index contributed by atoms with van der Waals surface area (Å²) < 4.78 is 11.4. The minimum absolute atomic E-state index is 0.594. The zero-order valence-corrected chi connectivity index (χ0v) is 18.5. The summed E-state index contributed by atoms with van der Waals surface area (Å²) in [7, 11) is 7.74. The highest BCUT2D eigenvalue weighted by atomic mass is 16.5. The summed E-state index contributed by atoms with van der Waals surface area (Å²) in [5.74, 6) is 2.41. The predicted octanol–water partition coefficient (Wildman–Crippen LogP) is 2.10. The standard InChI is InChI=1S/C23H34N4O3/c1-25(2)13-14-30-20-9-8-19(15-21(20)29-4)16-26(3)17-23(28)10-12-27(18-23)22-7-5-6-11-24-22/h5-9,11,15,28H,10,12-14,16-18H2,1-4H3. The number of pyridine rings is 1. The van der Waals surface area contributed by atoms with E-state index in [0.29, 0.717) is 19.7 Å². The summed E-state index contributed by atoms with van der Waals surface area (Å²) in [5.41, 5.74) is 0.378. The average Bonchev–Trinajstić information content (AvgIpc) is 3.10. The second-order valence-electron chi connectivity index (χ2n) is 8.39. The molecule has 1 N–H and O–H groups in total. The lowest BCUT2D eigenvalue weighted by Crippen LogP contribution is -2.43. The molecule has 3 rings (SSSR count). The van der Waals surface area contributed by atoms with Gasteiger partial charge < -0.3 is 24.4 Å². The van der Waals surface area contributed by atoms with Crippen molar-refractivity contribution in [3.8, 4) is 11.5 Å². The van der Waals surface area contributed by atoms with E-state index >= 15 is 0 Å². The van der Waals surface area contributed by atoms with E-state index in [0.717, 1.165) is 48.9 Å². The molecule has 2 aromatic rings. The lowest BCUT2D eigenvalue weighted by Gasteiger charge is -2.29. The Morgan fingerprint density at radius 1 is 1.17 bits per heavy atom. The number of aliphatic hydroxyl groups is 1. The van der Waals surface area contributed by atoms with E-state index < -0.39 is 5.60 Å². The Labute approximate surface area is 179 Å². The van der Waals surface area contributed by atoms with Gasteiger partial charge in [0, 0.05) is 38.9 Å². The molecule has 1 saturated heterocycles. The van der Waals surface area contributed by atoms with Crippen LogP contribution in [0.3, 0.4) is 0 Å². The Kier molecular flexibility index (Phi) is 7.53. The molecule has 1 unspecified atom stereocenters. The second-order valence-corrected chi connectivity index (χ2v) is 8.39. The van der Waals surface area contributed by atoms with Crippen molar-refractivity contribution in [2.75, 3.05) is 65.9 Å². The van der Waals surface area contributed by atoms with Gasteiger partial charge in [0.25, 0.3) is 0 Å². The van der Waals surface area contributed by atoms with E-state index in [4.69, 9.17) is 9.47 Å². The fraction of sp³-hybridized carbons (Fsp3) is 0.522. The number of hydrogen-bond donors (Lipinski definition) is 1. The fourth-order valence-electron chi connectivity index (χ4n) is 3.86. The molecule has 0 saturated carbocycles. The quantitative estimate of drug-likeness (QED) is 0.639. The van der Waals surface area contributed by atoms with Gasteiger partial charge in [-0.15, -0.1) is 0 Å². The summed E-state index contributed by atoms with van der Waals surface area (Å²) in [6.45, 7) is 4.19. The number of rotatable bonds is 10. The maximum atomic E-state index is 11.1. The number of nitrogens with zero attached hydrogens (tertiary/aromatic N) is 4. The summed E-state index contributed by atoms with van der Waals surface area (Å²) >= 11 is 0. The van der Waals surface area contributed by atoms with E-state index in [-0.39, 0.29) is 0 Å². The molecular formula is C23H34N4O3. The SMILES string of the molecule is COc1cc(CN(C)CC2(O)CCN(c3ccccn3)C2)ccc1OCCN(C)C. The van der Waals surface area contributed by atoms with Crippen molar-refractivity contribution in [3.63, 3.8) is 0 Å². The van der Waals surface area contributed by atoms with E-state index in [1.54, 1.807) is 13.3 Å². The van der Waals surface area contributed by atoms with E-state index in [1.165, 1.54) is 0 Å². The first-order valence-corrected chi connectivity index (χ1v) is 10.4. The highest BCUT2D eigenvalue weighted by Gasteiger charge is 2.37. The normalized spacial score (nSPS) is 19.0. The molecule has 0 spiro atoms. The Hall–Kier alpha value is -2.35. The molecule has 2 heterocycles. The minimum atomic E-state index is -0.744. The number of benzene rings is 1. The summed E-state index contributed by atoms with van der Waals surface area (Å²) in [6.07, 6.45) is 2.52. The minimum Gasteiger partial charge on any atom is -0.493 e. The number of hydrogen-bond acceptors (Lipinski definition) is 7. The van der Waals surface area contributed by atoms with Crippen LogP contribution in [-0.2, 0) is 6.54 Å². The number of β-amino-alcohol motifs (C(OH)–C–C–N with tert-alkyl or cyclic N) is 1. The van der Waals surface area contributed by atoms with Gasteiger partial charge in [-0.3, -0.25) is 4.90 Å². The summed E-state index contributed by atoms with van der Waals surface area (Å²) in [5, 5.41) is 11.1. The van der Waals surface area contributed by atoms with Crippen LogP contribution >= 0.6 is 0 Å². The van der Waals surface area contributed by atoms with Crippen LogP contribution in [0.2, 0.25) is 0 Å². The maximum absolute atomic E-state index is 11.1. The smallest absolute Gasteiger partial charge is 0.161 e. The summed E-state index contributed by atoms with van der Waals surface area (Å²) in [6, 6.07) is 11.9. The first-order chi connectivity index (χ1) is 14.4. The predicted molar refractivity (Wildman–Crippen MR) is 119 cm³/mol. The van der Waals surface area contributed by atoms with Gasteiger partial charge in [0.15, 0.2) is 11.5 Å². The van der Waals surface area contributed by atoms with Crippen molar-refractivity contribution < 1.29 is 14.6 Å². The molecule has 0 aliphatic carbocycles. The Morgan fingerprint density at radius 3 is 2.70 bits per heavy atom. The van der Waals surface area contributed by atoms with Crippen LogP contribution in [0.15, 0.2) is 42.6 Å². The van der Waals surface area contributed by atoms with Crippen LogP contribution in [0.1, 0.15) is 12.0 Å². The molecule has 1 aromatic carbocycles. The molecule has 1 aliphatic rings. The maximum Gasteiger partial charge on any atom is 0.161 e. The zero-order chi connectivity index (χ0) is 21.6. The molecule has 0 amide bonds. The van der Waals surface area contributed by atoms with Crippen LogP contribution in [0.5, 0.6) is 11.5 Å². The largest absolute Gasteiger partial charge is 0.493 e. The van der Waals surface area contributed by atoms with Crippen molar-refractivity contribution in [3.05, 3.63) is 48.2 Å². The van der Waals surface area contributed by atoms with Gasteiger partial charge >= 0.3 is 0 Å². The van der Waals surface area contributed by atoms with Gasteiger partial charge in [0.1, 0.15) is 12.4 Å². The van der Waals surface area contributed by atoms with E-state index in [1.807, 2.05) is 51.5 Å². The Bertz CT molecular complexity index is 802. The van der Waals surface area contributed by atoms with Crippen molar-refractivity contribution >= 4 is 5.82 Å². The van der Waals surface area contributed by atoms with Crippen LogP contribution in [0.4, 0.5) is 5.82 Å². The molecule has 7 nitrogen and oxygen atoms in total. The van der Waals surface area contributed by atoms with Gasteiger partial charge in [-0.25, -0.2) is 4.98 Å². The molecule has 1 aliphatic heterocycles. The first kappa shape index (κ1) is 22.3. The lowest BCUT2D eigenvalue weighted by atomic mass is 10.0. The molecule has 1 aromatic heterocycles. The highest BCUT2D eigenvalue weighted by molar-refractivity contribution is 5.43. The zero-order valence-electron chi connectivity index (χ0n) is 18.5. The van der Waals surface area contributed by atoms with Gasteiger partial charge in [0.05, 0.1) is 12.7 Å². The molecule has 7 heteroatoms. The third-order valence-corrected chi connectivity index (χ3v) is 5.35. The monoisotopic (exact) mass is 414 g/mol. The molecule has 0 radical (unpaired) electrons. The second kappa shape index (κ2) is 10.1. The number of ether oxygens (including phenoxy) is 2. The first-order valence-electron chi connectivity index (χ1n) is 10.4. The summed E-state index contributed by atoms with van der Waals surface area (Å²) in [4.78, 5) is 10.8. The fourth-order valence-corrected chi connectivity index (χ4v) is 3.86. The van der Waals surface area contributed by atoms with Gasteiger partial charge in [-0.2, -0.15) is 0 Å². The molecule has 1 fully saturated rings. The molecule has 1 atom stereocenters. The topological polar surface area (TPSA) is 61.3 Å². The number of anilines is 1. The van der Waals surface area contributed by atoms with Crippen LogP contribution in [0, 0.1) is 0 Å². The van der Waals surface area contributed by atoms with Crippen molar-refractivity contribution in [1.82, 2.24) is 14.8 Å². The van der Waals surface area contributed by atoms with Crippen LogP contribution < -0.4 is 14.4 Å². The molecule has 30 heavy (non-hydrogen) atoms. The van der Waals surface area contributed by atoms with Gasteiger partial charge in [-0.05, 0) is 57.4 Å². The van der Waals surface area contributed by atoms with Gasteiger partial charge in [0.2, 0.25) is 0 Å². The van der Waals surface area contributed by atoms with E-state index in [2.05, 4.69) is 25.8 Å². The Balaban J connectivity index is 1.56.